The summed E-state index contributed by atoms with van der Waals surface area (Å²) in [5.41, 5.74) is 1.09. The molecule has 0 aliphatic carbocycles. The highest BCUT2D eigenvalue weighted by molar-refractivity contribution is 5.76. The summed E-state index contributed by atoms with van der Waals surface area (Å²) >= 11 is 0. The molecule has 58 valence electrons. The molecule has 2 heterocycles. The van der Waals surface area contributed by atoms with Crippen molar-refractivity contribution in [1.82, 2.24) is 4.90 Å². The number of aliphatic imine (C=N–C) groups is 1. The molecule has 0 spiro atoms. The van der Waals surface area contributed by atoms with Crippen molar-refractivity contribution < 1.29 is 0 Å². The summed E-state index contributed by atoms with van der Waals surface area (Å²) in [6.45, 7) is 2.40. The fourth-order valence-corrected chi connectivity index (χ4v) is 1.45. The predicted octanol–water partition coefficient (Wildman–Crippen LogP) is 1.56. The van der Waals surface area contributed by atoms with E-state index >= 15 is 0 Å². The number of likely N-dealkylation sites (tertiary alicyclic amines) is 1. The highest BCUT2D eigenvalue weighted by atomic mass is 15.1. The Morgan fingerprint density at radius 3 is 2.82 bits per heavy atom. The average molecular weight is 148 g/mol. The van der Waals surface area contributed by atoms with Crippen molar-refractivity contribution >= 4 is 6.21 Å². The molecular formula is C9H12N2. The van der Waals surface area contributed by atoms with E-state index in [2.05, 4.69) is 16.1 Å². The number of allylic oxidation sites excluding steroid dienone is 2. The minimum Gasteiger partial charge on any atom is -0.376 e. The highest BCUT2D eigenvalue weighted by Gasteiger charge is 2.07. The molecule has 0 saturated carbocycles. The second-order valence-electron chi connectivity index (χ2n) is 2.93. The first-order valence-electron chi connectivity index (χ1n) is 4.12. The van der Waals surface area contributed by atoms with E-state index < -0.39 is 0 Å². The topological polar surface area (TPSA) is 15.6 Å². The summed E-state index contributed by atoms with van der Waals surface area (Å²) in [4.78, 5) is 6.52. The summed E-state index contributed by atoms with van der Waals surface area (Å²) in [5.74, 6) is 0. The molecule has 0 N–H and O–H groups in total. The molecule has 0 unspecified atom stereocenters. The number of hydrogen-bond donors (Lipinski definition) is 0. The summed E-state index contributed by atoms with van der Waals surface area (Å²) in [6.07, 6.45) is 10.7. The van der Waals surface area contributed by atoms with Crippen molar-refractivity contribution in [1.29, 1.82) is 0 Å². The van der Waals surface area contributed by atoms with Crippen LogP contribution in [-0.2, 0) is 0 Å². The molecule has 1 saturated heterocycles. The van der Waals surface area contributed by atoms with Crippen LogP contribution in [0.2, 0.25) is 0 Å². The molecule has 0 amide bonds. The fraction of sp³-hybridized carbons (Fsp3) is 0.444. The fourth-order valence-electron chi connectivity index (χ4n) is 1.45. The monoisotopic (exact) mass is 148 g/mol. The van der Waals surface area contributed by atoms with Gasteiger partial charge in [-0.25, -0.2) is 0 Å². The number of rotatable bonds is 1. The van der Waals surface area contributed by atoms with Gasteiger partial charge in [0, 0.05) is 25.5 Å². The van der Waals surface area contributed by atoms with Crippen molar-refractivity contribution in [2.45, 2.75) is 12.8 Å². The van der Waals surface area contributed by atoms with E-state index in [4.69, 9.17) is 0 Å². The van der Waals surface area contributed by atoms with E-state index in [1.807, 2.05) is 18.4 Å². The van der Waals surface area contributed by atoms with Gasteiger partial charge < -0.3 is 4.90 Å². The van der Waals surface area contributed by atoms with Crippen LogP contribution >= 0.6 is 0 Å². The molecule has 2 aliphatic heterocycles. The minimum absolute atomic E-state index is 1.09. The molecule has 0 radical (unpaired) electrons. The highest BCUT2D eigenvalue weighted by Crippen LogP contribution is 2.12. The van der Waals surface area contributed by atoms with Crippen LogP contribution < -0.4 is 0 Å². The maximum Gasteiger partial charge on any atom is 0.0788 e. The Balaban J connectivity index is 2.01. The van der Waals surface area contributed by atoms with Crippen LogP contribution in [0.5, 0.6) is 0 Å². The SMILES string of the molecule is C1=C/C(=C/N2CCCC2)N=C1. The zero-order chi connectivity index (χ0) is 7.52. The Bertz CT molecular complexity index is 206. The van der Waals surface area contributed by atoms with Crippen LogP contribution in [0.1, 0.15) is 12.8 Å². The first-order valence-corrected chi connectivity index (χ1v) is 4.12. The van der Waals surface area contributed by atoms with Crippen LogP contribution in [0.3, 0.4) is 0 Å². The lowest BCUT2D eigenvalue weighted by Crippen LogP contribution is -2.10. The Labute approximate surface area is 66.9 Å². The molecule has 0 bridgehead atoms. The molecule has 0 aromatic carbocycles. The van der Waals surface area contributed by atoms with Gasteiger partial charge in [-0.2, -0.15) is 0 Å². The van der Waals surface area contributed by atoms with E-state index in [0.717, 1.165) is 5.70 Å². The lowest BCUT2D eigenvalue weighted by Gasteiger charge is -2.10. The van der Waals surface area contributed by atoms with Crippen molar-refractivity contribution in [3.8, 4) is 0 Å². The normalized spacial score (nSPS) is 25.8. The minimum atomic E-state index is 1.09. The molecule has 2 aliphatic rings. The van der Waals surface area contributed by atoms with E-state index in [9.17, 15) is 0 Å². The van der Waals surface area contributed by atoms with Gasteiger partial charge in [0.1, 0.15) is 0 Å². The molecule has 0 atom stereocenters. The van der Waals surface area contributed by atoms with Gasteiger partial charge in [-0.05, 0) is 25.0 Å². The van der Waals surface area contributed by atoms with Gasteiger partial charge in [0.05, 0.1) is 5.70 Å². The summed E-state index contributed by atoms with van der Waals surface area (Å²) in [7, 11) is 0. The van der Waals surface area contributed by atoms with Crippen LogP contribution in [0.4, 0.5) is 0 Å². The van der Waals surface area contributed by atoms with Crippen LogP contribution in [0.15, 0.2) is 29.0 Å². The third-order valence-electron chi connectivity index (χ3n) is 2.03. The molecule has 2 heteroatoms. The van der Waals surface area contributed by atoms with E-state index in [1.165, 1.54) is 25.9 Å². The van der Waals surface area contributed by atoms with Gasteiger partial charge in [0.15, 0.2) is 0 Å². The average Bonchev–Trinajstić information content (AvgIpc) is 2.60. The van der Waals surface area contributed by atoms with E-state index in [0.29, 0.717) is 0 Å². The molecule has 1 fully saturated rings. The summed E-state index contributed by atoms with van der Waals surface area (Å²) in [6, 6.07) is 0. The Kier molecular flexibility index (Phi) is 1.76. The lowest BCUT2D eigenvalue weighted by molar-refractivity contribution is 0.465. The number of nitrogens with zero attached hydrogens (tertiary/aromatic N) is 2. The second kappa shape index (κ2) is 2.91. The van der Waals surface area contributed by atoms with Gasteiger partial charge in [-0.3, -0.25) is 4.99 Å². The zero-order valence-electron chi connectivity index (χ0n) is 6.53. The van der Waals surface area contributed by atoms with Crippen molar-refractivity contribution in [3.63, 3.8) is 0 Å². The van der Waals surface area contributed by atoms with Gasteiger partial charge in [0.25, 0.3) is 0 Å². The largest absolute Gasteiger partial charge is 0.376 e. The predicted molar refractivity (Wildman–Crippen MR) is 46.5 cm³/mol. The van der Waals surface area contributed by atoms with Crippen molar-refractivity contribution in [3.05, 3.63) is 24.0 Å². The third kappa shape index (κ3) is 1.50. The van der Waals surface area contributed by atoms with E-state index in [-0.39, 0.29) is 0 Å². The second-order valence-corrected chi connectivity index (χ2v) is 2.93. The molecule has 0 aromatic rings. The molecule has 11 heavy (non-hydrogen) atoms. The molecule has 2 rings (SSSR count). The smallest absolute Gasteiger partial charge is 0.0788 e. The van der Waals surface area contributed by atoms with Crippen LogP contribution in [0, 0.1) is 0 Å². The molecular weight excluding hydrogens is 136 g/mol. The Hall–Kier alpha value is -1.05. The van der Waals surface area contributed by atoms with Crippen LogP contribution in [0.25, 0.3) is 0 Å². The van der Waals surface area contributed by atoms with Crippen LogP contribution in [-0.4, -0.2) is 24.2 Å². The maximum absolute atomic E-state index is 4.18. The van der Waals surface area contributed by atoms with Gasteiger partial charge in [0.2, 0.25) is 0 Å². The van der Waals surface area contributed by atoms with Crippen molar-refractivity contribution in [2.75, 3.05) is 13.1 Å². The lowest BCUT2D eigenvalue weighted by atomic mass is 10.4. The zero-order valence-corrected chi connectivity index (χ0v) is 6.53. The standard InChI is InChI=1S/C9H12N2/c1-2-7-11(6-1)8-9-4-3-5-10-9/h3-5,8H,1-2,6-7H2/b9-8-. The van der Waals surface area contributed by atoms with Gasteiger partial charge >= 0.3 is 0 Å². The summed E-state index contributed by atoms with van der Waals surface area (Å²) < 4.78 is 0. The third-order valence-corrected chi connectivity index (χ3v) is 2.03. The van der Waals surface area contributed by atoms with Gasteiger partial charge in [-0.15, -0.1) is 0 Å². The maximum atomic E-state index is 4.18. The Morgan fingerprint density at radius 2 is 2.18 bits per heavy atom. The quantitative estimate of drug-likeness (QED) is 0.551. The number of hydrogen-bond acceptors (Lipinski definition) is 2. The summed E-state index contributed by atoms with van der Waals surface area (Å²) in [5, 5.41) is 0. The van der Waals surface area contributed by atoms with Gasteiger partial charge in [-0.1, -0.05) is 0 Å². The van der Waals surface area contributed by atoms with Crippen molar-refractivity contribution in [2.24, 2.45) is 4.99 Å². The van der Waals surface area contributed by atoms with E-state index in [1.54, 1.807) is 0 Å². The first kappa shape index (κ1) is 6.65. The first-order chi connectivity index (χ1) is 5.45. The Morgan fingerprint density at radius 1 is 1.36 bits per heavy atom. The molecule has 2 nitrogen and oxygen atoms in total. The molecule has 0 aromatic heterocycles.